The maximum atomic E-state index is 12.1. The monoisotopic (exact) mass is 341 g/mol. The lowest BCUT2D eigenvalue weighted by atomic mass is 10.1. The van der Waals surface area contributed by atoms with Gasteiger partial charge in [0.2, 0.25) is 5.91 Å². The van der Waals surface area contributed by atoms with Gasteiger partial charge in [0.05, 0.1) is 19.3 Å². The summed E-state index contributed by atoms with van der Waals surface area (Å²) in [4.78, 5) is 13.6. The van der Waals surface area contributed by atoms with Gasteiger partial charge in [-0.3, -0.25) is 4.79 Å². The van der Waals surface area contributed by atoms with Crippen molar-refractivity contribution in [3.63, 3.8) is 0 Å². The number of benzene rings is 1. The number of carbonyl (C=O) groups excluding carboxylic acids is 1. The summed E-state index contributed by atoms with van der Waals surface area (Å²) in [6.45, 7) is 3.51. The van der Waals surface area contributed by atoms with Crippen molar-refractivity contribution < 1.29 is 14.6 Å². The Labute approximate surface area is 128 Å². The number of carbonyl (C=O) groups is 1. The smallest absolute Gasteiger partial charge is 0.246 e. The summed E-state index contributed by atoms with van der Waals surface area (Å²) in [7, 11) is 3.25. The van der Waals surface area contributed by atoms with E-state index in [0.717, 1.165) is 10.0 Å². The van der Waals surface area contributed by atoms with Crippen LogP contribution in [0.5, 0.6) is 5.75 Å². The van der Waals surface area contributed by atoms with Crippen molar-refractivity contribution in [2.75, 3.05) is 20.8 Å². The number of ether oxygens (including phenoxy) is 1. The minimum absolute atomic E-state index is 0.0940. The van der Waals surface area contributed by atoms with Crippen LogP contribution in [0.15, 0.2) is 28.7 Å². The summed E-state index contributed by atoms with van der Waals surface area (Å²) < 4.78 is 6.16. The average molecular weight is 342 g/mol. The number of aliphatic hydroxyl groups excluding tert-OH is 1. The van der Waals surface area contributed by atoms with Crippen LogP contribution in [0.3, 0.4) is 0 Å². The Hall–Kier alpha value is -1.33. The molecule has 0 saturated carbocycles. The number of hydrogen-bond acceptors (Lipinski definition) is 3. The van der Waals surface area contributed by atoms with Gasteiger partial charge in [0.25, 0.3) is 0 Å². The second-order valence-electron chi connectivity index (χ2n) is 5.09. The molecule has 1 aromatic rings. The zero-order valence-corrected chi connectivity index (χ0v) is 13.8. The Morgan fingerprint density at radius 2 is 2.15 bits per heavy atom. The van der Waals surface area contributed by atoms with Gasteiger partial charge >= 0.3 is 0 Å². The highest BCUT2D eigenvalue weighted by Gasteiger charge is 2.25. The largest absolute Gasteiger partial charge is 0.496 e. The van der Waals surface area contributed by atoms with Crippen LogP contribution in [0.25, 0.3) is 6.08 Å². The summed E-state index contributed by atoms with van der Waals surface area (Å²) in [5.41, 5.74) is 0.216. The topological polar surface area (TPSA) is 49.8 Å². The van der Waals surface area contributed by atoms with Crippen molar-refractivity contribution in [2.45, 2.75) is 19.4 Å². The van der Waals surface area contributed by atoms with Crippen LogP contribution in [0, 0.1) is 0 Å². The van der Waals surface area contributed by atoms with Gasteiger partial charge in [-0.25, -0.2) is 0 Å². The minimum atomic E-state index is -0.594. The number of likely N-dealkylation sites (N-methyl/N-ethyl adjacent to an activating group) is 1. The molecule has 1 amide bonds. The third-order valence-electron chi connectivity index (χ3n) is 3.22. The van der Waals surface area contributed by atoms with E-state index in [2.05, 4.69) is 15.9 Å². The molecule has 0 aromatic heterocycles. The molecular weight excluding hydrogens is 322 g/mol. The molecule has 0 atom stereocenters. The Balaban J connectivity index is 2.93. The van der Waals surface area contributed by atoms with E-state index < -0.39 is 5.54 Å². The number of aliphatic hydroxyl groups is 1. The molecule has 0 spiro atoms. The Morgan fingerprint density at radius 1 is 1.50 bits per heavy atom. The number of hydrogen-bond donors (Lipinski definition) is 1. The lowest BCUT2D eigenvalue weighted by Crippen LogP contribution is -2.47. The first-order chi connectivity index (χ1) is 9.31. The molecule has 0 radical (unpaired) electrons. The maximum Gasteiger partial charge on any atom is 0.246 e. The van der Waals surface area contributed by atoms with E-state index in [1.165, 1.54) is 11.0 Å². The molecule has 0 unspecified atom stereocenters. The zero-order chi connectivity index (χ0) is 15.3. The van der Waals surface area contributed by atoms with Crippen molar-refractivity contribution in [3.8, 4) is 5.75 Å². The first-order valence-electron chi connectivity index (χ1n) is 6.22. The zero-order valence-electron chi connectivity index (χ0n) is 12.2. The van der Waals surface area contributed by atoms with Crippen LogP contribution < -0.4 is 4.74 Å². The summed E-state index contributed by atoms with van der Waals surface area (Å²) in [5.74, 6) is 0.521. The highest BCUT2D eigenvalue weighted by Crippen LogP contribution is 2.24. The second kappa shape index (κ2) is 6.90. The van der Waals surface area contributed by atoms with E-state index in [9.17, 15) is 9.90 Å². The van der Waals surface area contributed by atoms with Gasteiger partial charge in [-0.15, -0.1) is 0 Å². The summed E-state index contributed by atoms with van der Waals surface area (Å²) in [6, 6.07) is 5.58. The van der Waals surface area contributed by atoms with Gasteiger partial charge in [-0.05, 0) is 38.1 Å². The first kappa shape index (κ1) is 16.7. The van der Waals surface area contributed by atoms with Crippen molar-refractivity contribution in [3.05, 3.63) is 34.3 Å². The lowest BCUT2D eigenvalue weighted by molar-refractivity contribution is -0.130. The van der Waals surface area contributed by atoms with Gasteiger partial charge in [0, 0.05) is 23.2 Å². The molecule has 0 fully saturated rings. The SMILES string of the molecule is COc1ccc(Br)cc1/C=C/C(=O)N(C)C(C)(C)CO. The van der Waals surface area contributed by atoms with Gasteiger partial charge in [-0.1, -0.05) is 15.9 Å². The third-order valence-corrected chi connectivity index (χ3v) is 3.72. The van der Waals surface area contributed by atoms with Gasteiger partial charge in [-0.2, -0.15) is 0 Å². The predicted octanol–water partition coefficient (Wildman–Crippen LogP) is 2.70. The molecule has 1 rings (SSSR count). The molecule has 0 aliphatic heterocycles. The van der Waals surface area contributed by atoms with Crippen LogP contribution in [0.2, 0.25) is 0 Å². The van der Waals surface area contributed by atoms with Gasteiger partial charge in [0.1, 0.15) is 5.75 Å². The van der Waals surface area contributed by atoms with Crippen LogP contribution in [-0.4, -0.2) is 42.2 Å². The quantitative estimate of drug-likeness (QED) is 0.837. The molecular formula is C15H20BrNO3. The summed E-state index contributed by atoms with van der Waals surface area (Å²) in [5, 5.41) is 9.27. The molecule has 20 heavy (non-hydrogen) atoms. The van der Waals surface area contributed by atoms with Crippen LogP contribution in [0.4, 0.5) is 0 Å². The van der Waals surface area contributed by atoms with E-state index in [0.29, 0.717) is 5.75 Å². The minimum Gasteiger partial charge on any atom is -0.496 e. The summed E-state index contributed by atoms with van der Waals surface area (Å²) >= 11 is 3.39. The highest BCUT2D eigenvalue weighted by molar-refractivity contribution is 9.10. The fourth-order valence-corrected chi connectivity index (χ4v) is 1.89. The molecule has 0 aliphatic rings. The lowest BCUT2D eigenvalue weighted by Gasteiger charge is -2.33. The summed E-state index contributed by atoms with van der Waals surface area (Å²) in [6.07, 6.45) is 3.18. The van der Waals surface area contributed by atoms with E-state index in [-0.39, 0.29) is 12.5 Å². The molecule has 0 bridgehead atoms. The van der Waals surface area contributed by atoms with Crippen molar-refractivity contribution in [2.24, 2.45) is 0 Å². The van der Waals surface area contributed by atoms with E-state index in [1.807, 2.05) is 18.2 Å². The van der Waals surface area contributed by atoms with E-state index in [1.54, 1.807) is 34.1 Å². The fraction of sp³-hybridized carbons (Fsp3) is 0.400. The Kier molecular flexibility index (Phi) is 5.77. The molecule has 0 aliphatic carbocycles. The van der Waals surface area contributed by atoms with Crippen LogP contribution in [0.1, 0.15) is 19.4 Å². The predicted molar refractivity (Wildman–Crippen MR) is 83.7 cm³/mol. The Bertz CT molecular complexity index is 512. The van der Waals surface area contributed by atoms with Crippen LogP contribution in [-0.2, 0) is 4.79 Å². The second-order valence-corrected chi connectivity index (χ2v) is 6.00. The fourth-order valence-electron chi connectivity index (χ4n) is 1.51. The van der Waals surface area contributed by atoms with Crippen LogP contribution >= 0.6 is 15.9 Å². The molecule has 0 heterocycles. The number of halogens is 1. The van der Waals surface area contributed by atoms with E-state index >= 15 is 0 Å². The standard InChI is InChI=1S/C15H20BrNO3/c1-15(2,10-18)17(3)14(19)8-5-11-9-12(16)6-7-13(11)20-4/h5-9,18H,10H2,1-4H3/b8-5+. The number of rotatable bonds is 5. The number of nitrogens with zero attached hydrogens (tertiary/aromatic N) is 1. The molecule has 110 valence electrons. The van der Waals surface area contributed by atoms with Gasteiger partial charge in [0.15, 0.2) is 0 Å². The van der Waals surface area contributed by atoms with Gasteiger partial charge < -0.3 is 14.7 Å². The average Bonchev–Trinajstić information content (AvgIpc) is 2.43. The molecule has 1 aromatic carbocycles. The maximum absolute atomic E-state index is 12.1. The number of methoxy groups -OCH3 is 1. The van der Waals surface area contributed by atoms with Crippen molar-refractivity contribution >= 4 is 27.9 Å². The first-order valence-corrected chi connectivity index (χ1v) is 7.01. The molecule has 1 N–H and O–H groups in total. The highest BCUT2D eigenvalue weighted by atomic mass is 79.9. The van der Waals surface area contributed by atoms with E-state index in [4.69, 9.17) is 4.74 Å². The van der Waals surface area contributed by atoms with Crippen molar-refractivity contribution in [1.82, 2.24) is 4.90 Å². The normalized spacial score (nSPS) is 11.7. The third kappa shape index (κ3) is 4.08. The molecule has 4 nitrogen and oxygen atoms in total. The Morgan fingerprint density at radius 3 is 2.70 bits per heavy atom. The molecule has 5 heteroatoms. The number of amides is 1. The molecule has 0 saturated heterocycles. The van der Waals surface area contributed by atoms with Crippen molar-refractivity contribution in [1.29, 1.82) is 0 Å².